The third kappa shape index (κ3) is 6.04. The van der Waals surface area contributed by atoms with Crippen LogP contribution in [0.25, 0.3) is 0 Å². The maximum atomic E-state index is 12.2. The van der Waals surface area contributed by atoms with E-state index in [1.165, 1.54) is 0 Å². The van der Waals surface area contributed by atoms with Gasteiger partial charge in [-0.2, -0.15) is 0 Å². The molecule has 0 aliphatic heterocycles. The molecule has 2 N–H and O–H groups in total. The molecule has 0 saturated heterocycles. The number of hydrogen-bond acceptors (Lipinski definition) is 3. The smallest absolute Gasteiger partial charge is 0.269 e. The van der Waals surface area contributed by atoms with Gasteiger partial charge >= 0.3 is 0 Å². The van der Waals surface area contributed by atoms with E-state index in [0.29, 0.717) is 38.9 Å². The monoisotopic (exact) mass is 438 g/mol. The number of amides is 2. The zero-order valence-corrected chi connectivity index (χ0v) is 16.9. The largest absolute Gasteiger partial charge is 0.492 e. The summed E-state index contributed by atoms with van der Waals surface area (Å²) in [5.41, 5.74) is 5.54. The first-order valence-corrected chi connectivity index (χ1v) is 9.32. The van der Waals surface area contributed by atoms with Crippen LogP contribution in [0.1, 0.15) is 41.0 Å². The quantitative estimate of drug-likeness (QED) is 0.646. The summed E-state index contributed by atoms with van der Waals surface area (Å²) in [7, 11) is 0. The van der Waals surface area contributed by atoms with Gasteiger partial charge in [-0.25, -0.2) is 0 Å². The Balaban J connectivity index is 1.91. The first-order chi connectivity index (χ1) is 12.4. The lowest BCUT2D eigenvalue weighted by atomic mass is 10.1. The van der Waals surface area contributed by atoms with Gasteiger partial charge in [0.2, 0.25) is 0 Å². The Morgan fingerprint density at radius 1 is 1.04 bits per heavy atom. The van der Waals surface area contributed by atoms with Crippen molar-refractivity contribution in [3.63, 3.8) is 0 Å². The Hall–Kier alpha value is -2.05. The Morgan fingerprint density at radius 2 is 1.62 bits per heavy atom. The minimum Gasteiger partial charge on any atom is -0.492 e. The fourth-order valence-electron chi connectivity index (χ4n) is 2.02. The second-order valence-electron chi connectivity index (χ2n) is 6.09. The van der Waals surface area contributed by atoms with Gasteiger partial charge in [0.1, 0.15) is 5.75 Å². The van der Waals surface area contributed by atoms with Crippen LogP contribution in [-0.2, 0) is 0 Å². The lowest BCUT2D eigenvalue weighted by molar-refractivity contribution is 0.0846. The summed E-state index contributed by atoms with van der Waals surface area (Å²) in [5.74, 6) is 0.375. The molecule has 0 heterocycles. The normalized spacial score (nSPS) is 10.5. The van der Waals surface area contributed by atoms with Crippen molar-refractivity contribution >= 4 is 39.3 Å². The van der Waals surface area contributed by atoms with E-state index in [2.05, 4.69) is 40.6 Å². The number of rotatable bonds is 6. The molecule has 138 valence electrons. The first-order valence-electron chi connectivity index (χ1n) is 8.15. The van der Waals surface area contributed by atoms with Crippen LogP contribution in [0.4, 0.5) is 0 Å². The van der Waals surface area contributed by atoms with Crippen molar-refractivity contribution in [2.24, 2.45) is 5.92 Å². The Morgan fingerprint density at radius 3 is 2.19 bits per heavy atom. The van der Waals surface area contributed by atoms with Crippen LogP contribution < -0.4 is 15.6 Å². The number of carbonyl (C=O) groups is 2. The van der Waals surface area contributed by atoms with Crippen LogP contribution in [-0.4, -0.2) is 18.4 Å². The van der Waals surface area contributed by atoms with Crippen LogP contribution in [0.3, 0.4) is 0 Å². The molecular formula is C19H20BrClN2O3. The number of nitrogens with one attached hydrogen (secondary N) is 2. The summed E-state index contributed by atoms with van der Waals surface area (Å²) in [6, 6.07) is 11.4. The van der Waals surface area contributed by atoms with E-state index < -0.39 is 11.8 Å². The second kappa shape index (κ2) is 9.59. The van der Waals surface area contributed by atoms with Gasteiger partial charge in [-0.1, -0.05) is 25.4 Å². The molecule has 0 fully saturated rings. The summed E-state index contributed by atoms with van der Waals surface area (Å²) >= 11 is 9.18. The zero-order chi connectivity index (χ0) is 19.1. The van der Waals surface area contributed by atoms with E-state index in [4.69, 9.17) is 16.3 Å². The van der Waals surface area contributed by atoms with Crippen molar-refractivity contribution in [3.05, 3.63) is 63.1 Å². The molecule has 0 bridgehead atoms. The van der Waals surface area contributed by atoms with Crippen LogP contribution >= 0.6 is 27.5 Å². The summed E-state index contributed by atoms with van der Waals surface area (Å²) in [4.78, 5) is 24.2. The van der Waals surface area contributed by atoms with Gasteiger partial charge in [-0.15, -0.1) is 0 Å². The van der Waals surface area contributed by atoms with Crippen LogP contribution in [0.15, 0.2) is 46.9 Å². The number of halogens is 2. The lowest BCUT2D eigenvalue weighted by Crippen LogP contribution is -2.41. The Labute approximate surface area is 166 Å². The summed E-state index contributed by atoms with van der Waals surface area (Å²) in [6.45, 7) is 4.87. The topological polar surface area (TPSA) is 67.4 Å². The van der Waals surface area contributed by atoms with Crippen LogP contribution in [0.2, 0.25) is 5.02 Å². The van der Waals surface area contributed by atoms with E-state index >= 15 is 0 Å². The number of hydrazine groups is 1. The molecule has 2 rings (SSSR count). The molecule has 0 aliphatic carbocycles. The molecule has 26 heavy (non-hydrogen) atoms. The highest BCUT2D eigenvalue weighted by atomic mass is 79.9. The number of ether oxygens (including phenoxy) is 1. The maximum Gasteiger partial charge on any atom is 0.269 e. The fourth-order valence-corrected chi connectivity index (χ4v) is 2.64. The first kappa shape index (κ1) is 20.3. The molecular weight excluding hydrogens is 420 g/mol. The molecule has 2 amide bonds. The fraction of sp³-hybridized carbons (Fsp3) is 0.263. The Kier molecular flexibility index (Phi) is 7.48. The molecule has 5 nitrogen and oxygen atoms in total. The summed E-state index contributed by atoms with van der Waals surface area (Å²) < 4.78 is 6.37. The second-order valence-corrected chi connectivity index (χ2v) is 7.38. The van der Waals surface area contributed by atoms with E-state index in [9.17, 15) is 9.59 Å². The van der Waals surface area contributed by atoms with Gasteiger partial charge in [0.15, 0.2) is 0 Å². The lowest BCUT2D eigenvalue weighted by Gasteiger charge is -2.11. The number of hydrogen-bond donors (Lipinski definition) is 2. The minimum atomic E-state index is -0.429. The van der Waals surface area contributed by atoms with Gasteiger partial charge in [-0.05, 0) is 70.7 Å². The average molecular weight is 440 g/mol. The van der Waals surface area contributed by atoms with E-state index in [0.717, 1.165) is 6.42 Å². The number of benzene rings is 2. The van der Waals surface area contributed by atoms with Crippen molar-refractivity contribution in [1.82, 2.24) is 10.9 Å². The van der Waals surface area contributed by atoms with Crippen molar-refractivity contribution in [3.8, 4) is 5.75 Å². The predicted octanol–water partition coefficient (Wildman–Crippen LogP) is 4.60. The molecule has 2 aromatic rings. The van der Waals surface area contributed by atoms with Gasteiger partial charge in [0.05, 0.1) is 11.1 Å². The molecule has 7 heteroatoms. The highest BCUT2D eigenvalue weighted by Gasteiger charge is 2.11. The molecule has 0 aliphatic rings. The predicted molar refractivity (Wildman–Crippen MR) is 105 cm³/mol. The molecule has 0 spiro atoms. The number of carbonyl (C=O) groups excluding carboxylic acids is 2. The summed E-state index contributed by atoms with van der Waals surface area (Å²) in [5, 5.41) is 0.533. The molecule has 0 atom stereocenters. The third-order valence-corrected chi connectivity index (χ3v) is 4.41. The molecule has 2 aromatic carbocycles. The van der Waals surface area contributed by atoms with Crippen molar-refractivity contribution in [2.75, 3.05) is 6.61 Å². The Bertz CT molecular complexity index is 779. The van der Waals surface area contributed by atoms with Gasteiger partial charge in [-0.3, -0.25) is 20.4 Å². The average Bonchev–Trinajstić information content (AvgIpc) is 2.61. The van der Waals surface area contributed by atoms with Crippen molar-refractivity contribution < 1.29 is 14.3 Å². The third-order valence-electron chi connectivity index (χ3n) is 3.54. The van der Waals surface area contributed by atoms with Crippen LogP contribution in [0, 0.1) is 5.92 Å². The SMILES string of the molecule is CC(C)CCOc1ccc(C(=O)NNC(=O)c2ccc(Cl)cc2)cc1Br. The van der Waals surface area contributed by atoms with Gasteiger partial charge < -0.3 is 4.74 Å². The van der Waals surface area contributed by atoms with Gasteiger partial charge in [0.25, 0.3) is 11.8 Å². The minimum absolute atomic E-state index is 0.393. The summed E-state index contributed by atoms with van der Waals surface area (Å²) in [6.07, 6.45) is 0.950. The van der Waals surface area contributed by atoms with Crippen molar-refractivity contribution in [1.29, 1.82) is 0 Å². The van der Waals surface area contributed by atoms with Gasteiger partial charge in [0, 0.05) is 16.1 Å². The van der Waals surface area contributed by atoms with E-state index in [1.54, 1.807) is 42.5 Å². The molecule has 0 unspecified atom stereocenters. The molecule has 0 aromatic heterocycles. The van der Waals surface area contributed by atoms with Crippen molar-refractivity contribution in [2.45, 2.75) is 20.3 Å². The van der Waals surface area contributed by atoms with Crippen LogP contribution in [0.5, 0.6) is 5.75 Å². The zero-order valence-electron chi connectivity index (χ0n) is 14.5. The standard InChI is InChI=1S/C19H20BrClN2O3/c1-12(2)9-10-26-17-8-5-14(11-16(17)20)19(25)23-22-18(24)13-3-6-15(21)7-4-13/h3-8,11-12H,9-10H2,1-2H3,(H,22,24)(H,23,25). The van der Waals surface area contributed by atoms with E-state index in [-0.39, 0.29) is 0 Å². The van der Waals surface area contributed by atoms with E-state index in [1.807, 2.05) is 0 Å². The maximum absolute atomic E-state index is 12.2. The highest BCUT2D eigenvalue weighted by Crippen LogP contribution is 2.26. The molecule has 0 radical (unpaired) electrons. The highest BCUT2D eigenvalue weighted by molar-refractivity contribution is 9.10. The molecule has 0 saturated carbocycles.